The van der Waals surface area contributed by atoms with Crippen molar-refractivity contribution in [1.82, 2.24) is 4.98 Å². The Hall–Kier alpha value is -2.20. The van der Waals surface area contributed by atoms with Crippen LogP contribution in [0.5, 0.6) is 0 Å². The van der Waals surface area contributed by atoms with Crippen LogP contribution in [0.3, 0.4) is 0 Å². The van der Waals surface area contributed by atoms with Crippen LogP contribution in [0.15, 0.2) is 64.1 Å². The maximum Gasteiger partial charge on any atom is 0.226 e. The highest BCUT2D eigenvalue weighted by molar-refractivity contribution is 7.98. The van der Waals surface area contributed by atoms with Crippen LogP contribution < -0.4 is 5.73 Å². The van der Waals surface area contributed by atoms with Crippen LogP contribution in [0, 0.1) is 6.92 Å². The molecule has 106 valence electrons. The van der Waals surface area contributed by atoms with E-state index in [1.165, 1.54) is 5.56 Å². The van der Waals surface area contributed by atoms with Crippen molar-refractivity contribution in [3.05, 3.63) is 66.1 Å². The lowest BCUT2D eigenvalue weighted by molar-refractivity contribution is 0.573. The molecule has 1 heterocycles. The third kappa shape index (κ3) is 3.47. The Bertz CT molecular complexity index is 735. The monoisotopic (exact) mass is 296 g/mol. The van der Waals surface area contributed by atoms with Gasteiger partial charge in [-0.05, 0) is 37.3 Å². The maximum absolute atomic E-state index is 5.77. The van der Waals surface area contributed by atoms with Crippen molar-refractivity contribution < 1.29 is 4.42 Å². The number of hydrogen-bond donors (Lipinski definition) is 1. The quantitative estimate of drug-likeness (QED) is 0.568. The summed E-state index contributed by atoms with van der Waals surface area (Å²) < 4.78 is 5.55. The normalized spacial score (nSPS) is 10.7. The maximum atomic E-state index is 5.77. The highest BCUT2D eigenvalue weighted by atomic mass is 32.2. The molecule has 0 aliphatic rings. The van der Waals surface area contributed by atoms with Gasteiger partial charge in [0.25, 0.3) is 0 Å². The number of aromatic nitrogens is 1. The van der Waals surface area contributed by atoms with Crippen molar-refractivity contribution in [3.63, 3.8) is 0 Å². The van der Waals surface area contributed by atoms with Gasteiger partial charge in [0, 0.05) is 21.9 Å². The summed E-state index contributed by atoms with van der Waals surface area (Å²) in [7, 11) is 0. The van der Waals surface area contributed by atoms with E-state index < -0.39 is 0 Å². The molecular weight excluding hydrogens is 280 g/mol. The van der Waals surface area contributed by atoms with Crippen LogP contribution in [-0.2, 0) is 5.75 Å². The van der Waals surface area contributed by atoms with Crippen molar-refractivity contribution in [1.29, 1.82) is 0 Å². The predicted molar refractivity (Wildman–Crippen MR) is 87.1 cm³/mol. The molecule has 0 atom stereocenters. The van der Waals surface area contributed by atoms with Crippen molar-refractivity contribution >= 4 is 17.4 Å². The third-order valence-corrected chi connectivity index (χ3v) is 4.12. The van der Waals surface area contributed by atoms with E-state index in [0.29, 0.717) is 5.89 Å². The first kappa shape index (κ1) is 13.8. The van der Waals surface area contributed by atoms with E-state index in [2.05, 4.69) is 24.0 Å². The number of aryl methyl sites for hydroxylation is 1. The zero-order valence-corrected chi connectivity index (χ0v) is 12.6. The van der Waals surface area contributed by atoms with Gasteiger partial charge in [-0.15, -0.1) is 11.8 Å². The smallest absolute Gasteiger partial charge is 0.226 e. The number of thioether (sulfide) groups is 1. The number of rotatable bonds is 4. The van der Waals surface area contributed by atoms with Gasteiger partial charge in [0.1, 0.15) is 6.26 Å². The molecule has 4 heteroatoms. The Labute approximate surface area is 128 Å². The minimum absolute atomic E-state index is 0.665. The fourth-order valence-electron chi connectivity index (χ4n) is 1.96. The molecule has 3 nitrogen and oxygen atoms in total. The molecule has 2 N–H and O–H groups in total. The van der Waals surface area contributed by atoms with E-state index in [9.17, 15) is 0 Å². The fourth-order valence-corrected chi connectivity index (χ4v) is 2.80. The van der Waals surface area contributed by atoms with E-state index in [0.717, 1.165) is 27.6 Å². The van der Waals surface area contributed by atoms with Crippen LogP contribution in [0.25, 0.3) is 11.5 Å². The summed E-state index contributed by atoms with van der Waals surface area (Å²) in [5.74, 6) is 1.43. The van der Waals surface area contributed by atoms with Crippen molar-refractivity contribution in [3.8, 4) is 11.5 Å². The van der Waals surface area contributed by atoms with Crippen LogP contribution in [-0.4, -0.2) is 4.98 Å². The van der Waals surface area contributed by atoms with Gasteiger partial charge in [0.05, 0.1) is 5.69 Å². The first-order valence-electron chi connectivity index (χ1n) is 6.70. The number of hydrogen-bond acceptors (Lipinski definition) is 4. The zero-order chi connectivity index (χ0) is 14.7. The lowest BCUT2D eigenvalue weighted by Crippen LogP contribution is -1.85. The Morgan fingerprint density at radius 1 is 1.14 bits per heavy atom. The first-order valence-corrected chi connectivity index (χ1v) is 7.69. The molecule has 0 amide bonds. The summed E-state index contributed by atoms with van der Waals surface area (Å²) in [6.45, 7) is 2.06. The molecule has 3 rings (SSSR count). The zero-order valence-electron chi connectivity index (χ0n) is 11.7. The molecular formula is C17H16N2OS. The Balaban J connectivity index is 1.69. The van der Waals surface area contributed by atoms with Crippen LogP contribution in [0.1, 0.15) is 11.3 Å². The number of nitrogens with zero attached hydrogens (tertiary/aromatic N) is 1. The molecule has 0 bridgehead atoms. The topological polar surface area (TPSA) is 52.0 Å². The molecule has 3 aromatic rings. The second kappa shape index (κ2) is 6.06. The lowest BCUT2D eigenvalue weighted by atomic mass is 10.1. The number of anilines is 1. The van der Waals surface area contributed by atoms with E-state index in [1.807, 2.05) is 36.4 Å². The molecule has 0 radical (unpaired) electrons. The second-order valence-corrected chi connectivity index (χ2v) is 5.92. The Morgan fingerprint density at radius 3 is 2.71 bits per heavy atom. The fraction of sp³-hybridized carbons (Fsp3) is 0.118. The minimum atomic E-state index is 0.665. The summed E-state index contributed by atoms with van der Waals surface area (Å²) in [6.07, 6.45) is 1.72. The van der Waals surface area contributed by atoms with Crippen molar-refractivity contribution in [2.45, 2.75) is 17.6 Å². The number of nitrogens with two attached hydrogens (primary N) is 1. The minimum Gasteiger partial charge on any atom is -0.444 e. The summed E-state index contributed by atoms with van der Waals surface area (Å²) in [4.78, 5) is 5.66. The first-order chi connectivity index (χ1) is 10.2. The Kier molecular flexibility index (Phi) is 3.97. The van der Waals surface area contributed by atoms with Gasteiger partial charge in [-0.2, -0.15) is 0 Å². The van der Waals surface area contributed by atoms with Gasteiger partial charge in [0.15, 0.2) is 0 Å². The highest BCUT2D eigenvalue weighted by Gasteiger charge is 2.07. The molecule has 0 unspecified atom stereocenters. The summed E-state index contributed by atoms with van der Waals surface area (Å²) in [5, 5.41) is 0. The summed E-state index contributed by atoms with van der Waals surface area (Å²) in [5.41, 5.74) is 9.70. The van der Waals surface area contributed by atoms with Crippen molar-refractivity contribution in [2.24, 2.45) is 0 Å². The second-order valence-electron chi connectivity index (χ2n) is 4.87. The third-order valence-electron chi connectivity index (χ3n) is 3.10. The van der Waals surface area contributed by atoms with Gasteiger partial charge in [-0.25, -0.2) is 4.98 Å². The van der Waals surface area contributed by atoms with Gasteiger partial charge in [-0.1, -0.05) is 23.8 Å². The molecule has 0 spiro atoms. The van der Waals surface area contributed by atoms with Crippen LogP contribution in [0.2, 0.25) is 0 Å². The number of nitrogen functional groups attached to an aromatic ring is 1. The summed E-state index contributed by atoms with van der Waals surface area (Å²) in [6, 6.07) is 16.0. The molecule has 0 fully saturated rings. The molecule has 0 saturated carbocycles. The van der Waals surface area contributed by atoms with Crippen LogP contribution >= 0.6 is 11.8 Å². The molecule has 1 aromatic heterocycles. The van der Waals surface area contributed by atoms with E-state index in [-0.39, 0.29) is 0 Å². The summed E-state index contributed by atoms with van der Waals surface area (Å²) >= 11 is 1.70. The van der Waals surface area contributed by atoms with Gasteiger partial charge in [-0.3, -0.25) is 0 Å². The van der Waals surface area contributed by atoms with Gasteiger partial charge >= 0.3 is 0 Å². The average Bonchev–Trinajstić information content (AvgIpc) is 2.95. The van der Waals surface area contributed by atoms with Crippen LogP contribution in [0.4, 0.5) is 5.69 Å². The number of benzene rings is 2. The SMILES string of the molecule is Cc1ccc(-c2nc(CSc3cccc(N)c3)co2)cc1. The predicted octanol–water partition coefficient (Wildman–Crippen LogP) is 4.52. The van der Waals surface area contributed by atoms with E-state index >= 15 is 0 Å². The van der Waals surface area contributed by atoms with E-state index in [4.69, 9.17) is 10.2 Å². The molecule has 0 aliphatic carbocycles. The molecule has 21 heavy (non-hydrogen) atoms. The highest BCUT2D eigenvalue weighted by Crippen LogP contribution is 2.26. The molecule has 0 aliphatic heterocycles. The Morgan fingerprint density at radius 2 is 1.95 bits per heavy atom. The van der Waals surface area contributed by atoms with Crippen molar-refractivity contribution in [2.75, 3.05) is 5.73 Å². The number of oxazole rings is 1. The average molecular weight is 296 g/mol. The molecule has 0 saturated heterocycles. The van der Waals surface area contributed by atoms with Gasteiger partial charge < -0.3 is 10.2 Å². The van der Waals surface area contributed by atoms with E-state index in [1.54, 1.807) is 18.0 Å². The lowest BCUT2D eigenvalue weighted by Gasteiger charge is -2.00. The molecule has 2 aromatic carbocycles. The standard InChI is InChI=1S/C17H16N2OS/c1-12-5-7-13(8-6-12)17-19-15(10-20-17)11-21-16-4-2-3-14(18)9-16/h2-10H,11,18H2,1H3. The largest absolute Gasteiger partial charge is 0.444 e. The van der Waals surface area contributed by atoms with Gasteiger partial charge in [0.2, 0.25) is 5.89 Å².